The van der Waals surface area contributed by atoms with Gasteiger partial charge in [-0.25, -0.2) is 24.7 Å². The molecular weight excluding hydrogens is 1630 g/mol. The number of nitrogen functional groups attached to an aromatic ring is 1. The molecule has 0 bridgehead atoms. The minimum atomic E-state index is -0.353. The number of benzene rings is 3. The Kier molecular flexibility index (Phi) is 24.4. The molecule has 1 aliphatic carbocycles. The summed E-state index contributed by atoms with van der Waals surface area (Å²) in [5.74, 6) is 4.41. The van der Waals surface area contributed by atoms with E-state index < -0.39 is 0 Å². The Morgan fingerprint density at radius 3 is 1.40 bits per heavy atom. The molecule has 10 aromatic heterocycles. The van der Waals surface area contributed by atoms with E-state index in [9.17, 15) is 9.59 Å². The van der Waals surface area contributed by atoms with E-state index in [0.717, 1.165) is 178 Å². The van der Waals surface area contributed by atoms with Crippen LogP contribution in [-0.4, -0.2) is 118 Å². The number of primary amides is 2. The summed E-state index contributed by atoms with van der Waals surface area (Å²) < 4.78 is 10.6. The molecule has 3 aliphatic rings. The van der Waals surface area contributed by atoms with Gasteiger partial charge < -0.3 is 48.7 Å². The van der Waals surface area contributed by atoms with Gasteiger partial charge in [0.25, 0.3) is 0 Å². The second kappa shape index (κ2) is 34.7. The van der Waals surface area contributed by atoms with Gasteiger partial charge in [0.2, 0.25) is 5.91 Å². The molecule has 0 spiro atoms. The molecule has 2 atom stereocenters. The fourth-order valence-corrected chi connectivity index (χ4v) is 14.8. The van der Waals surface area contributed by atoms with Crippen molar-refractivity contribution in [1.82, 2.24) is 78.6 Å². The number of rotatable bonds is 17. The molecule has 540 valence electrons. The van der Waals surface area contributed by atoms with Crippen LogP contribution in [0, 0.1) is 11.8 Å². The van der Waals surface area contributed by atoms with Crippen molar-refractivity contribution in [2.24, 2.45) is 23.3 Å². The standard InChI is InChI=1S/C19H15BrClN5.C19H21BrN6O.C18H19BrClN5.C18H20BrN7O/c20-15-11-24-26-18(23-10-12-5-7-13(22)8-6-12)9-17(25-19(15)26)14-3-1-2-4-16(14)21;20-15-11-24-26-17(23-10-12-3-2-6-22-9-12)8-16(25-19(15)26)13-4-1-5-14(7-13)18(21)27;19-14-11-23-25-17(22-10-12-5-7-21-8-6-12)9-16(24-18(14)25)13-3-1-2-4-15(13)20;19-14-11-23-26-16(22-10-12-2-1-5-21-9-12)8-15(24-17(14)26)13-3-6-25(7-4-13)18(20)27/h1-9,11,23H,10,22H2;2-3,6,8-9,11,13-14,23H,1,4-5,7,10H2,(H2,21,27);1-4,9,11-12,21-22H,5-8,10H2;1-2,5,8-9,11,13,22H,3-4,6-7,10H2,(H2,20,27). The van der Waals surface area contributed by atoms with Crippen molar-refractivity contribution in [2.45, 2.75) is 82.8 Å². The molecule has 12 heterocycles. The van der Waals surface area contributed by atoms with Crippen molar-refractivity contribution in [1.29, 1.82) is 0 Å². The lowest BCUT2D eigenvalue weighted by Gasteiger charge is -2.30. The van der Waals surface area contributed by atoms with Crippen LogP contribution in [0.4, 0.5) is 33.8 Å². The highest BCUT2D eigenvalue weighted by atomic mass is 79.9. The maximum atomic E-state index is 11.6. The number of urea groups is 1. The Labute approximate surface area is 648 Å². The lowest BCUT2D eigenvalue weighted by Crippen LogP contribution is -2.41. The zero-order valence-corrected chi connectivity index (χ0v) is 64.7. The van der Waals surface area contributed by atoms with Gasteiger partial charge in [-0.2, -0.15) is 38.5 Å². The number of hydrogen-bond acceptors (Lipinski definition) is 18. The number of nitrogens with zero attached hydrogens (tertiary/aromatic N) is 15. The molecule has 2 unspecified atom stereocenters. The molecule has 13 aromatic rings. The maximum Gasteiger partial charge on any atom is 0.314 e. The number of likely N-dealkylation sites (tertiary alicyclic amines) is 1. The number of halogens is 6. The third-order valence-corrected chi connectivity index (χ3v) is 21.5. The average molecular weight is 1710 g/mol. The minimum absolute atomic E-state index is 0.0677. The van der Waals surface area contributed by atoms with Crippen molar-refractivity contribution in [3.8, 4) is 22.5 Å². The van der Waals surface area contributed by atoms with E-state index in [0.29, 0.717) is 48.7 Å². The first kappa shape index (κ1) is 73.9. The quantitative estimate of drug-likeness (QED) is 0.0393. The van der Waals surface area contributed by atoms with Crippen molar-refractivity contribution in [3.63, 3.8) is 0 Å². The van der Waals surface area contributed by atoms with Crippen LogP contribution in [0.1, 0.15) is 91.3 Å². The van der Waals surface area contributed by atoms with E-state index in [2.05, 4.69) is 121 Å². The van der Waals surface area contributed by atoms with Crippen LogP contribution in [-0.2, 0) is 24.4 Å². The summed E-state index contributed by atoms with van der Waals surface area (Å²) >= 11 is 26.8. The zero-order valence-electron chi connectivity index (χ0n) is 56.8. The third kappa shape index (κ3) is 18.3. The Balaban J connectivity index is 0.000000124. The normalized spacial score (nSPS) is 15.5. The SMILES string of the molecule is Clc1ccccc1-c1cc(NCC2CCNCC2)n2ncc(Br)c2n1.NC(=O)C1CCCC(c2cc(NCc3cccnc3)n3ncc(Br)c3n2)C1.NC(=O)N1CCC(c2cc(NCc3cccnc3)n3ncc(Br)c3n2)CC1.Nc1ccc(CNc2cc(-c3ccccc3Cl)nc3c(Br)cnn23)cc1. The van der Waals surface area contributed by atoms with Crippen LogP contribution >= 0.6 is 86.9 Å². The first-order valence-corrected chi connectivity index (χ1v) is 38.3. The molecule has 105 heavy (non-hydrogen) atoms. The molecule has 1 saturated carbocycles. The lowest BCUT2D eigenvalue weighted by molar-refractivity contribution is -0.122. The number of hydrogen-bond donors (Lipinski definition) is 8. The van der Waals surface area contributed by atoms with E-state index in [1.54, 1.807) is 55.6 Å². The number of carbonyl (C=O) groups is 2. The number of pyridine rings is 2. The second-order valence-electron chi connectivity index (χ2n) is 25.7. The Hall–Kier alpha value is -9.36. The Bertz CT molecular complexity index is 5150. The molecule has 2 aliphatic heterocycles. The van der Waals surface area contributed by atoms with Gasteiger partial charge >= 0.3 is 6.03 Å². The van der Waals surface area contributed by atoms with Gasteiger partial charge in [-0.15, -0.1) is 0 Å². The Morgan fingerprint density at radius 1 is 0.495 bits per heavy atom. The number of aromatic nitrogens is 14. The molecule has 2 saturated heterocycles. The van der Waals surface area contributed by atoms with Crippen LogP contribution in [0.3, 0.4) is 0 Å². The Morgan fingerprint density at radius 2 is 0.943 bits per heavy atom. The van der Waals surface area contributed by atoms with Crippen molar-refractivity contribution < 1.29 is 9.59 Å². The van der Waals surface area contributed by atoms with Gasteiger partial charge in [-0.1, -0.05) is 90.3 Å². The number of nitrogens with two attached hydrogens (primary N) is 3. The summed E-state index contributed by atoms with van der Waals surface area (Å²) in [6.45, 7) is 6.35. The number of nitrogens with one attached hydrogen (secondary N) is 5. The lowest BCUT2D eigenvalue weighted by atomic mass is 9.79. The number of amides is 3. The van der Waals surface area contributed by atoms with Gasteiger partial charge in [-0.05, 0) is 181 Å². The van der Waals surface area contributed by atoms with Gasteiger partial charge in [0.15, 0.2) is 22.6 Å². The van der Waals surface area contributed by atoms with Gasteiger partial charge in [0, 0.05) is 144 Å². The summed E-state index contributed by atoms with van der Waals surface area (Å²) in [6.07, 6.45) is 21.9. The summed E-state index contributed by atoms with van der Waals surface area (Å²) in [4.78, 5) is 52.1. The highest BCUT2D eigenvalue weighted by Gasteiger charge is 2.30. The summed E-state index contributed by atoms with van der Waals surface area (Å²) in [5.41, 5.74) is 29.2. The molecule has 11 N–H and O–H groups in total. The zero-order chi connectivity index (χ0) is 72.9. The van der Waals surface area contributed by atoms with Crippen LogP contribution in [0.15, 0.2) is 189 Å². The van der Waals surface area contributed by atoms with E-state index in [4.69, 9.17) is 60.3 Å². The number of piperidine rings is 2. The minimum Gasteiger partial charge on any atom is -0.399 e. The van der Waals surface area contributed by atoms with Gasteiger partial charge in [0.05, 0.1) is 54.1 Å². The molecular formula is C74H75Br4Cl2N23O2. The van der Waals surface area contributed by atoms with Gasteiger partial charge in [-0.3, -0.25) is 14.8 Å². The van der Waals surface area contributed by atoms with Crippen LogP contribution in [0.2, 0.25) is 10.0 Å². The fraction of sp³-hybridized carbons (Fsp3) is 0.270. The number of anilines is 5. The monoisotopic (exact) mass is 1700 g/mol. The molecule has 25 nitrogen and oxygen atoms in total. The number of carbonyl (C=O) groups excluding carboxylic acids is 2. The molecule has 3 amide bonds. The summed E-state index contributed by atoms with van der Waals surface area (Å²) in [5, 5.41) is 36.3. The maximum absolute atomic E-state index is 11.6. The molecule has 0 radical (unpaired) electrons. The molecule has 16 rings (SSSR count). The number of fused-ring (bicyclic) bond motifs is 4. The van der Waals surface area contributed by atoms with E-state index in [1.165, 1.54) is 12.8 Å². The van der Waals surface area contributed by atoms with Crippen LogP contribution < -0.4 is 43.8 Å². The first-order chi connectivity index (χ1) is 51.1. The summed E-state index contributed by atoms with van der Waals surface area (Å²) in [6, 6.07) is 38.8. The van der Waals surface area contributed by atoms with Crippen molar-refractivity contribution in [3.05, 3.63) is 227 Å². The third-order valence-electron chi connectivity index (χ3n) is 18.7. The van der Waals surface area contributed by atoms with Gasteiger partial charge in [0.1, 0.15) is 23.3 Å². The fourth-order valence-electron chi connectivity index (χ4n) is 13.0. The predicted molar refractivity (Wildman–Crippen MR) is 426 cm³/mol. The largest absolute Gasteiger partial charge is 0.399 e. The second-order valence-corrected chi connectivity index (χ2v) is 30.0. The van der Waals surface area contributed by atoms with Crippen LogP contribution in [0.25, 0.3) is 45.1 Å². The van der Waals surface area contributed by atoms with Crippen LogP contribution in [0.5, 0.6) is 0 Å². The van der Waals surface area contributed by atoms with E-state index in [1.807, 2.05) is 138 Å². The molecule has 3 fully saturated rings. The van der Waals surface area contributed by atoms with Crippen molar-refractivity contribution >= 4 is 150 Å². The molecule has 3 aromatic carbocycles. The molecule has 31 heteroatoms. The summed E-state index contributed by atoms with van der Waals surface area (Å²) in [7, 11) is 0. The highest BCUT2D eigenvalue weighted by molar-refractivity contribution is 9.11. The highest BCUT2D eigenvalue weighted by Crippen LogP contribution is 2.39. The average Bonchev–Trinajstić information content (AvgIpc) is 1.74. The predicted octanol–water partition coefficient (Wildman–Crippen LogP) is 15.2. The van der Waals surface area contributed by atoms with E-state index in [-0.39, 0.29) is 29.7 Å². The first-order valence-electron chi connectivity index (χ1n) is 34.4. The van der Waals surface area contributed by atoms with Crippen molar-refractivity contribution in [2.75, 3.05) is 59.7 Å². The smallest absolute Gasteiger partial charge is 0.314 e. The topological polar surface area (TPSA) is 322 Å². The van der Waals surface area contributed by atoms with E-state index >= 15 is 0 Å².